The van der Waals surface area contributed by atoms with E-state index in [2.05, 4.69) is 10.5 Å². The number of amides is 1. The van der Waals surface area contributed by atoms with E-state index in [1.54, 1.807) is 12.1 Å². The summed E-state index contributed by atoms with van der Waals surface area (Å²) in [7, 11) is 0. The van der Waals surface area contributed by atoms with Crippen molar-refractivity contribution in [2.45, 2.75) is 12.8 Å². The van der Waals surface area contributed by atoms with Gasteiger partial charge in [0.05, 0.1) is 5.71 Å². The van der Waals surface area contributed by atoms with Crippen molar-refractivity contribution < 1.29 is 9.18 Å². The zero-order chi connectivity index (χ0) is 9.97. The largest absolute Gasteiger partial charge is 0.273 e. The van der Waals surface area contributed by atoms with Gasteiger partial charge in [0, 0.05) is 12.8 Å². The smallest absolute Gasteiger partial charge is 0.240 e. The van der Waals surface area contributed by atoms with Crippen molar-refractivity contribution in [2.75, 3.05) is 0 Å². The van der Waals surface area contributed by atoms with Gasteiger partial charge in [-0.3, -0.25) is 4.79 Å². The number of rotatable bonds is 1. The van der Waals surface area contributed by atoms with Gasteiger partial charge in [0.2, 0.25) is 5.91 Å². The van der Waals surface area contributed by atoms with Gasteiger partial charge < -0.3 is 0 Å². The van der Waals surface area contributed by atoms with Crippen LogP contribution in [0, 0.1) is 5.82 Å². The zero-order valence-corrected chi connectivity index (χ0v) is 7.46. The Morgan fingerprint density at radius 3 is 2.50 bits per heavy atom. The van der Waals surface area contributed by atoms with Gasteiger partial charge in [0.15, 0.2) is 0 Å². The lowest BCUT2D eigenvalue weighted by molar-refractivity contribution is -0.121. The van der Waals surface area contributed by atoms with Gasteiger partial charge in [0.1, 0.15) is 5.82 Å². The number of carbonyl (C=O) groups is 1. The number of benzene rings is 1. The van der Waals surface area contributed by atoms with Crippen LogP contribution < -0.4 is 5.43 Å². The van der Waals surface area contributed by atoms with E-state index in [1.165, 1.54) is 12.1 Å². The van der Waals surface area contributed by atoms with Crippen molar-refractivity contribution in [3.8, 4) is 0 Å². The van der Waals surface area contributed by atoms with Gasteiger partial charge in [-0.25, -0.2) is 9.82 Å². The molecule has 72 valence electrons. The predicted molar refractivity (Wildman–Crippen MR) is 50.3 cm³/mol. The minimum Gasteiger partial charge on any atom is -0.273 e. The molecule has 3 nitrogen and oxygen atoms in total. The molecule has 0 spiro atoms. The number of nitrogens with one attached hydrogen (secondary N) is 1. The topological polar surface area (TPSA) is 41.5 Å². The number of hydrogen-bond acceptors (Lipinski definition) is 2. The summed E-state index contributed by atoms with van der Waals surface area (Å²) in [4.78, 5) is 10.8. The molecule has 0 aromatic heterocycles. The molecule has 0 saturated carbocycles. The highest BCUT2D eigenvalue weighted by Gasteiger charge is 2.12. The molecule has 0 atom stereocenters. The third-order valence-electron chi connectivity index (χ3n) is 2.08. The Labute approximate surface area is 80.6 Å². The molecule has 1 heterocycles. The van der Waals surface area contributed by atoms with Crippen molar-refractivity contribution in [2.24, 2.45) is 5.10 Å². The summed E-state index contributed by atoms with van der Waals surface area (Å²) in [5.74, 6) is -0.343. The first-order valence-corrected chi connectivity index (χ1v) is 4.37. The summed E-state index contributed by atoms with van der Waals surface area (Å²) in [6.07, 6.45) is 1.05. The van der Waals surface area contributed by atoms with Crippen molar-refractivity contribution in [3.05, 3.63) is 35.6 Å². The van der Waals surface area contributed by atoms with E-state index in [-0.39, 0.29) is 11.7 Å². The summed E-state index contributed by atoms with van der Waals surface area (Å²) < 4.78 is 12.6. The molecule has 4 heteroatoms. The summed E-state index contributed by atoms with van der Waals surface area (Å²) in [6, 6.07) is 6.08. The van der Waals surface area contributed by atoms with Crippen LogP contribution in [0.1, 0.15) is 18.4 Å². The van der Waals surface area contributed by atoms with Crippen LogP contribution >= 0.6 is 0 Å². The maximum absolute atomic E-state index is 12.6. The minimum atomic E-state index is -0.269. The summed E-state index contributed by atoms with van der Waals surface area (Å²) in [6.45, 7) is 0. The maximum Gasteiger partial charge on any atom is 0.240 e. The van der Waals surface area contributed by atoms with Crippen molar-refractivity contribution >= 4 is 11.6 Å². The van der Waals surface area contributed by atoms with E-state index >= 15 is 0 Å². The fourth-order valence-corrected chi connectivity index (χ4v) is 1.32. The number of hydrogen-bond donors (Lipinski definition) is 1. The maximum atomic E-state index is 12.6. The molecule has 1 aromatic rings. The lowest BCUT2D eigenvalue weighted by atomic mass is 10.0. The van der Waals surface area contributed by atoms with Crippen molar-refractivity contribution in [1.29, 1.82) is 0 Å². The van der Waals surface area contributed by atoms with E-state index in [9.17, 15) is 9.18 Å². The first kappa shape index (κ1) is 8.87. The lowest BCUT2D eigenvalue weighted by Gasteiger charge is -2.11. The predicted octanol–water partition coefficient (Wildman–Crippen LogP) is 1.44. The first-order valence-electron chi connectivity index (χ1n) is 4.37. The molecule has 0 bridgehead atoms. The molecule has 0 aliphatic carbocycles. The molecule has 2 rings (SSSR count). The molecule has 1 aliphatic heterocycles. The molecular formula is C10H9FN2O. The summed E-state index contributed by atoms with van der Waals surface area (Å²) >= 11 is 0. The van der Waals surface area contributed by atoms with Crippen LogP contribution in [0.2, 0.25) is 0 Å². The number of hydrazone groups is 1. The Balaban J connectivity index is 2.23. The Hall–Kier alpha value is -1.71. The fraction of sp³-hybridized carbons (Fsp3) is 0.200. The molecule has 1 aromatic carbocycles. The van der Waals surface area contributed by atoms with Gasteiger partial charge in [-0.15, -0.1) is 0 Å². The van der Waals surface area contributed by atoms with Crippen LogP contribution in [0.3, 0.4) is 0 Å². The average Bonchev–Trinajstić information content (AvgIpc) is 2.21. The monoisotopic (exact) mass is 192 g/mol. The van der Waals surface area contributed by atoms with E-state index in [0.717, 1.165) is 11.3 Å². The number of carbonyl (C=O) groups excluding carboxylic acids is 1. The Bertz CT molecular complexity index is 384. The second-order valence-electron chi connectivity index (χ2n) is 3.10. The second kappa shape index (κ2) is 3.57. The number of nitrogens with zero attached hydrogens (tertiary/aromatic N) is 1. The molecule has 0 radical (unpaired) electrons. The van der Waals surface area contributed by atoms with Gasteiger partial charge >= 0.3 is 0 Å². The molecule has 1 aliphatic rings. The average molecular weight is 192 g/mol. The van der Waals surface area contributed by atoms with Crippen LogP contribution in [0.5, 0.6) is 0 Å². The molecule has 0 saturated heterocycles. The molecule has 1 amide bonds. The first-order chi connectivity index (χ1) is 6.75. The zero-order valence-electron chi connectivity index (χ0n) is 7.46. The minimum absolute atomic E-state index is 0.0733. The Morgan fingerprint density at radius 1 is 1.21 bits per heavy atom. The van der Waals surface area contributed by atoms with Gasteiger partial charge in [-0.2, -0.15) is 5.10 Å². The van der Waals surface area contributed by atoms with Crippen LogP contribution in [0.25, 0.3) is 0 Å². The third-order valence-corrected chi connectivity index (χ3v) is 2.08. The van der Waals surface area contributed by atoms with Crippen LogP contribution in [0.15, 0.2) is 29.4 Å². The summed E-state index contributed by atoms with van der Waals surface area (Å²) in [5.41, 5.74) is 4.05. The Morgan fingerprint density at radius 2 is 1.93 bits per heavy atom. The standard InChI is InChI=1S/C10H9FN2O/c11-8-3-1-7(2-4-8)9-5-6-10(14)13-12-9/h1-4H,5-6H2,(H,13,14). The van der Waals surface area contributed by atoms with E-state index in [0.29, 0.717) is 12.8 Å². The van der Waals surface area contributed by atoms with Crippen molar-refractivity contribution in [1.82, 2.24) is 5.43 Å². The van der Waals surface area contributed by atoms with Crippen LogP contribution in [0.4, 0.5) is 4.39 Å². The van der Waals surface area contributed by atoms with Gasteiger partial charge in [-0.1, -0.05) is 12.1 Å². The van der Waals surface area contributed by atoms with Crippen molar-refractivity contribution in [3.63, 3.8) is 0 Å². The second-order valence-corrected chi connectivity index (χ2v) is 3.10. The van der Waals surface area contributed by atoms with E-state index in [4.69, 9.17) is 0 Å². The van der Waals surface area contributed by atoms with Gasteiger partial charge in [0.25, 0.3) is 0 Å². The number of halogens is 1. The molecular weight excluding hydrogens is 183 g/mol. The highest BCUT2D eigenvalue weighted by molar-refractivity contribution is 6.04. The summed E-state index contributed by atoms with van der Waals surface area (Å²) in [5, 5.41) is 3.91. The highest BCUT2D eigenvalue weighted by atomic mass is 19.1. The molecule has 1 N–H and O–H groups in total. The van der Waals surface area contributed by atoms with Gasteiger partial charge in [-0.05, 0) is 17.7 Å². The Kier molecular flexibility index (Phi) is 2.26. The third kappa shape index (κ3) is 1.79. The van der Waals surface area contributed by atoms with E-state index in [1.807, 2.05) is 0 Å². The molecule has 0 unspecified atom stereocenters. The molecule has 0 fully saturated rings. The normalized spacial score (nSPS) is 16.1. The van der Waals surface area contributed by atoms with Crippen LogP contribution in [-0.4, -0.2) is 11.6 Å². The van der Waals surface area contributed by atoms with E-state index < -0.39 is 0 Å². The quantitative estimate of drug-likeness (QED) is 0.718. The fourth-order valence-electron chi connectivity index (χ4n) is 1.32. The SMILES string of the molecule is O=C1CCC(c2ccc(F)cc2)=NN1. The lowest BCUT2D eigenvalue weighted by Crippen LogP contribution is -2.25. The molecule has 14 heavy (non-hydrogen) atoms. The highest BCUT2D eigenvalue weighted by Crippen LogP contribution is 2.10. The van der Waals surface area contributed by atoms with Crippen LogP contribution in [-0.2, 0) is 4.79 Å².